The van der Waals surface area contributed by atoms with Crippen LogP contribution in [0.25, 0.3) is 0 Å². The molecule has 2 aromatic rings. The first kappa shape index (κ1) is 14.5. The van der Waals surface area contributed by atoms with Gasteiger partial charge in [0.2, 0.25) is 0 Å². The van der Waals surface area contributed by atoms with E-state index in [9.17, 15) is 0 Å². The second-order valence-corrected chi connectivity index (χ2v) is 6.16. The molecule has 2 heteroatoms. The molecular formula is C17H19ClS. The molecule has 0 aromatic heterocycles. The normalized spacial score (nSPS) is 10.7. The first-order valence-corrected chi connectivity index (χ1v) is 7.97. The summed E-state index contributed by atoms with van der Waals surface area (Å²) in [5.41, 5.74) is 2.62. The fourth-order valence-corrected chi connectivity index (χ4v) is 3.31. The Labute approximate surface area is 125 Å². The van der Waals surface area contributed by atoms with E-state index in [0.29, 0.717) is 0 Å². The molecule has 0 radical (unpaired) electrons. The van der Waals surface area contributed by atoms with Gasteiger partial charge in [-0.2, -0.15) is 0 Å². The molecule has 0 spiro atoms. The highest BCUT2D eigenvalue weighted by molar-refractivity contribution is 7.99. The summed E-state index contributed by atoms with van der Waals surface area (Å²) < 4.78 is 0. The van der Waals surface area contributed by atoms with Crippen molar-refractivity contribution in [3.63, 3.8) is 0 Å². The van der Waals surface area contributed by atoms with Gasteiger partial charge in [0.1, 0.15) is 0 Å². The third-order valence-electron chi connectivity index (χ3n) is 3.09. The Bertz CT molecular complexity index is 549. The van der Waals surface area contributed by atoms with Crippen LogP contribution < -0.4 is 0 Å². The van der Waals surface area contributed by atoms with Crippen LogP contribution in [0.4, 0.5) is 0 Å². The lowest BCUT2D eigenvalue weighted by Gasteiger charge is -2.07. The summed E-state index contributed by atoms with van der Waals surface area (Å²) in [7, 11) is 0. The molecule has 0 saturated carbocycles. The van der Waals surface area contributed by atoms with E-state index in [2.05, 4.69) is 56.3 Å². The van der Waals surface area contributed by atoms with Crippen LogP contribution in [-0.2, 0) is 12.8 Å². The third-order valence-corrected chi connectivity index (χ3v) is 4.42. The van der Waals surface area contributed by atoms with Gasteiger partial charge >= 0.3 is 0 Å². The number of benzene rings is 2. The maximum atomic E-state index is 6.32. The summed E-state index contributed by atoms with van der Waals surface area (Å²) in [5, 5.41) is 0.887. The highest BCUT2D eigenvalue weighted by Gasteiger charge is 2.03. The molecule has 100 valence electrons. The standard InChI is InChI=1S/C17H19ClS/c1-3-6-14-9-10-16(12-17(14)18)19-15-8-5-7-13(4-2)11-15/h5,7-12H,3-4,6H2,1-2H3. The minimum atomic E-state index is 0.887. The summed E-state index contributed by atoms with van der Waals surface area (Å²) in [6.45, 7) is 4.36. The lowest BCUT2D eigenvalue weighted by Crippen LogP contribution is -1.85. The topological polar surface area (TPSA) is 0 Å². The van der Waals surface area contributed by atoms with Crippen molar-refractivity contribution < 1.29 is 0 Å². The van der Waals surface area contributed by atoms with Crippen molar-refractivity contribution >= 4 is 23.4 Å². The summed E-state index contributed by atoms with van der Waals surface area (Å²) >= 11 is 8.09. The van der Waals surface area contributed by atoms with Crippen LogP contribution in [0, 0.1) is 0 Å². The van der Waals surface area contributed by atoms with Crippen molar-refractivity contribution in [2.45, 2.75) is 42.9 Å². The molecule has 0 aliphatic rings. The minimum Gasteiger partial charge on any atom is -0.0900 e. The van der Waals surface area contributed by atoms with Gasteiger partial charge < -0.3 is 0 Å². The second kappa shape index (κ2) is 7.02. The van der Waals surface area contributed by atoms with Gasteiger partial charge in [0.15, 0.2) is 0 Å². The molecule has 0 amide bonds. The van der Waals surface area contributed by atoms with E-state index in [1.54, 1.807) is 11.8 Å². The van der Waals surface area contributed by atoms with Crippen molar-refractivity contribution in [1.82, 2.24) is 0 Å². The molecule has 19 heavy (non-hydrogen) atoms. The molecule has 0 unspecified atom stereocenters. The van der Waals surface area contributed by atoms with E-state index in [-0.39, 0.29) is 0 Å². The number of hydrogen-bond donors (Lipinski definition) is 0. The summed E-state index contributed by atoms with van der Waals surface area (Å²) in [4.78, 5) is 2.48. The van der Waals surface area contributed by atoms with E-state index >= 15 is 0 Å². The SMILES string of the molecule is CCCc1ccc(Sc2cccc(CC)c2)cc1Cl. The van der Waals surface area contributed by atoms with Gasteiger partial charge in [-0.25, -0.2) is 0 Å². The highest BCUT2D eigenvalue weighted by Crippen LogP contribution is 2.31. The zero-order valence-electron chi connectivity index (χ0n) is 11.4. The average Bonchev–Trinajstić information content (AvgIpc) is 2.42. The molecule has 0 saturated heterocycles. The zero-order chi connectivity index (χ0) is 13.7. The van der Waals surface area contributed by atoms with Gasteiger partial charge in [-0.05, 0) is 48.2 Å². The maximum Gasteiger partial charge on any atom is 0.0449 e. The number of halogens is 1. The molecule has 0 aliphatic heterocycles. The third kappa shape index (κ3) is 4.02. The lowest BCUT2D eigenvalue weighted by molar-refractivity contribution is 0.920. The predicted molar refractivity (Wildman–Crippen MR) is 85.4 cm³/mol. The summed E-state index contributed by atoms with van der Waals surface area (Å²) in [6, 6.07) is 15.1. The fourth-order valence-electron chi connectivity index (χ4n) is 2.03. The molecule has 0 atom stereocenters. The van der Waals surface area contributed by atoms with Gasteiger partial charge in [-0.3, -0.25) is 0 Å². The molecule has 0 heterocycles. The molecule has 0 N–H and O–H groups in total. The van der Waals surface area contributed by atoms with Crippen molar-refractivity contribution in [2.75, 3.05) is 0 Å². The maximum absolute atomic E-state index is 6.32. The van der Waals surface area contributed by atoms with Crippen LogP contribution in [-0.4, -0.2) is 0 Å². The first-order chi connectivity index (χ1) is 9.22. The second-order valence-electron chi connectivity index (χ2n) is 4.61. The van der Waals surface area contributed by atoms with Gasteiger partial charge in [-0.1, -0.05) is 61.8 Å². The van der Waals surface area contributed by atoms with Crippen molar-refractivity contribution in [3.8, 4) is 0 Å². The lowest BCUT2D eigenvalue weighted by atomic mass is 10.1. The van der Waals surface area contributed by atoms with E-state index in [1.165, 1.54) is 20.9 Å². The van der Waals surface area contributed by atoms with Crippen LogP contribution in [0.3, 0.4) is 0 Å². The van der Waals surface area contributed by atoms with Crippen molar-refractivity contribution in [1.29, 1.82) is 0 Å². The minimum absolute atomic E-state index is 0.887. The Hall–Kier alpha value is -0.920. The zero-order valence-corrected chi connectivity index (χ0v) is 13.0. The van der Waals surface area contributed by atoms with Crippen molar-refractivity contribution in [2.24, 2.45) is 0 Å². The molecule has 0 fully saturated rings. The van der Waals surface area contributed by atoms with Crippen LogP contribution in [0.1, 0.15) is 31.4 Å². The molecular weight excluding hydrogens is 272 g/mol. The van der Waals surface area contributed by atoms with Crippen LogP contribution in [0.15, 0.2) is 52.3 Å². The van der Waals surface area contributed by atoms with Crippen molar-refractivity contribution in [3.05, 3.63) is 58.6 Å². The van der Waals surface area contributed by atoms with E-state index < -0.39 is 0 Å². The summed E-state index contributed by atoms with van der Waals surface area (Å²) in [6.07, 6.45) is 3.25. The predicted octanol–water partition coefficient (Wildman–Crippen LogP) is 6.01. The number of aryl methyl sites for hydroxylation is 2. The Morgan fingerprint density at radius 2 is 1.79 bits per heavy atom. The molecule has 2 aromatic carbocycles. The largest absolute Gasteiger partial charge is 0.0900 e. The molecule has 0 aliphatic carbocycles. The summed E-state index contributed by atoms with van der Waals surface area (Å²) in [5.74, 6) is 0. The quantitative estimate of drug-likeness (QED) is 0.650. The van der Waals surface area contributed by atoms with E-state index in [1.807, 2.05) is 0 Å². The van der Waals surface area contributed by atoms with E-state index in [0.717, 1.165) is 24.3 Å². The van der Waals surface area contributed by atoms with E-state index in [4.69, 9.17) is 11.6 Å². The van der Waals surface area contributed by atoms with Gasteiger partial charge in [0.05, 0.1) is 0 Å². The van der Waals surface area contributed by atoms with Crippen LogP contribution in [0.5, 0.6) is 0 Å². The van der Waals surface area contributed by atoms with Crippen LogP contribution >= 0.6 is 23.4 Å². The van der Waals surface area contributed by atoms with Gasteiger partial charge in [0, 0.05) is 14.8 Å². The Balaban J connectivity index is 2.16. The van der Waals surface area contributed by atoms with Crippen LogP contribution in [0.2, 0.25) is 5.02 Å². The Kier molecular flexibility index (Phi) is 5.35. The highest BCUT2D eigenvalue weighted by atomic mass is 35.5. The number of hydrogen-bond acceptors (Lipinski definition) is 1. The Morgan fingerprint density at radius 1 is 1.00 bits per heavy atom. The molecule has 0 nitrogen and oxygen atoms in total. The number of rotatable bonds is 5. The first-order valence-electron chi connectivity index (χ1n) is 6.78. The monoisotopic (exact) mass is 290 g/mol. The van der Waals surface area contributed by atoms with Gasteiger partial charge in [0.25, 0.3) is 0 Å². The molecule has 0 bridgehead atoms. The van der Waals surface area contributed by atoms with Gasteiger partial charge in [-0.15, -0.1) is 0 Å². The Morgan fingerprint density at radius 3 is 2.47 bits per heavy atom. The fraction of sp³-hybridized carbons (Fsp3) is 0.294. The average molecular weight is 291 g/mol. The molecule has 2 rings (SSSR count). The smallest absolute Gasteiger partial charge is 0.0449 e.